The summed E-state index contributed by atoms with van der Waals surface area (Å²) in [5, 5.41) is 6.56. The van der Waals surface area contributed by atoms with Crippen molar-refractivity contribution in [3.05, 3.63) is 60.1 Å². The van der Waals surface area contributed by atoms with E-state index in [4.69, 9.17) is 13.7 Å². The summed E-state index contributed by atoms with van der Waals surface area (Å²) in [5.74, 6) is 1.73. The summed E-state index contributed by atoms with van der Waals surface area (Å²) in [7, 11) is 0. The molecule has 0 radical (unpaired) electrons. The van der Waals surface area contributed by atoms with Gasteiger partial charge in [-0.05, 0) is 44.0 Å². The Hall–Kier alpha value is -3.62. The van der Waals surface area contributed by atoms with Gasteiger partial charge in [-0.1, -0.05) is 11.2 Å². The van der Waals surface area contributed by atoms with E-state index in [9.17, 15) is 9.59 Å². The van der Waals surface area contributed by atoms with Crippen molar-refractivity contribution in [3.63, 3.8) is 0 Å². The van der Waals surface area contributed by atoms with Gasteiger partial charge in [0, 0.05) is 30.8 Å². The van der Waals surface area contributed by atoms with Crippen molar-refractivity contribution in [2.75, 3.05) is 25.0 Å². The molecule has 0 atom stereocenters. The van der Waals surface area contributed by atoms with Crippen molar-refractivity contribution < 1.29 is 23.3 Å². The fourth-order valence-corrected chi connectivity index (χ4v) is 3.36. The van der Waals surface area contributed by atoms with Crippen LogP contribution in [0, 0.1) is 6.92 Å². The molecule has 9 heteroatoms. The Morgan fingerprint density at radius 3 is 2.77 bits per heavy atom. The summed E-state index contributed by atoms with van der Waals surface area (Å²) in [4.78, 5) is 30.6. The predicted molar refractivity (Wildman–Crippen MR) is 106 cm³/mol. The van der Waals surface area contributed by atoms with Crippen LogP contribution in [0.1, 0.15) is 41.0 Å². The third-order valence-electron chi connectivity index (χ3n) is 4.94. The molecule has 4 rings (SSSR count). The Kier molecular flexibility index (Phi) is 5.78. The lowest BCUT2D eigenvalue weighted by atomic mass is 9.97. The van der Waals surface area contributed by atoms with E-state index in [1.807, 2.05) is 0 Å². The number of anilines is 1. The summed E-state index contributed by atoms with van der Waals surface area (Å²) in [6.07, 6.45) is 3.00. The minimum atomic E-state index is -0.354. The third-order valence-corrected chi connectivity index (χ3v) is 4.94. The quantitative estimate of drug-likeness (QED) is 0.665. The first-order valence-electron chi connectivity index (χ1n) is 9.74. The van der Waals surface area contributed by atoms with E-state index in [2.05, 4.69) is 15.5 Å². The number of furan rings is 1. The number of carbonyl (C=O) groups excluding carboxylic acids is 2. The number of hydrogen-bond acceptors (Lipinski definition) is 7. The van der Waals surface area contributed by atoms with E-state index < -0.39 is 0 Å². The van der Waals surface area contributed by atoms with E-state index in [1.54, 1.807) is 48.2 Å². The van der Waals surface area contributed by atoms with Crippen LogP contribution in [-0.4, -0.2) is 46.6 Å². The minimum Gasteiger partial charge on any atom is -0.484 e. The highest BCUT2D eigenvalue weighted by atomic mass is 16.5. The lowest BCUT2D eigenvalue weighted by Crippen LogP contribution is -2.40. The Morgan fingerprint density at radius 1 is 1.23 bits per heavy atom. The number of hydrogen-bond donors (Lipinski definition) is 1. The lowest BCUT2D eigenvalue weighted by Gasteiger charge is -2.30. The van der Waals surface area contributed by atoms with Crippen LogP contribution in [0.4, 0.5) is 5.69 Å². The smallest absolute Gasteiger partial charge is 0.291 e. The first kappa shape index (κ1) is 19.7. The maximum Gasteiger partial charge on any atom is 0.291 e. The number of aromatic nitrogens is 2. The molecule has 2 aromatic heterocycles. The first-order chi connectivity index (χ1) is 14.6. The highest BCUT2D eigenvalue weighted by Gasteiger charge is 2.27. The van der Waals surface area contributed by atoms with E-state index in [-0.39, 0.29) is 30.1 Å². The standard InChI is InChI=1S/C21H22N4O5/c1-14-22-21(30-24-14)15-7-9-25(10-8-15)19(26)13-29-17-5-2-4-16(12-17)23-20(27)18-6-3-11-28-18/h2-6,11-12,15H,7-10,13H2,1H3,(H,23,27). The molecule has 0 saturated carbocycles. The maximum atomic E-state index is 12.5. The average molecular weight is 410 g/mol. The second-order valence-corrected chi connectivity index (χ2v) is 7.08. The average Bonchev–Trinajstić information content (AvgIpc) is 3.44. The molecule has 0 aliphatic carbocycles. The van der Waals surface area contributed by atoms with E-state index in [0.29, 0.717) is 36.2 Å². The number of nitrogens with zero attached hydrogens (tertiary/aromatic N) is 3. The van der Waals surface area contributed by atoms with Crippen molar-refractivity contribution in [2.45, 2.75) is 25.7 Å². The van der Waals surface area contributed by atoms with Crippen molar-refractivity contribution in [1.82, 2.24) is 15.0 Å². The summed E-state index contributed by atoms with van der Waals surface area (Å²) in [6, 6.07) is 10.1. The largest absolute Gasteiger partial charge is 0.484 e. The van der Waals surface area contributed by atoms with Crippen LogP contribution in [0.2, 0.25) is 0 Å². The zero-order chi connectivity index (χ0) is 20.9. The van der Waals surface area contributed by atoms with Crippen LogP contribution in [-0.2, 0) is 4.79 Å². The highest BCUT2D eigenvalue weighted by Crippen LogP contribution is 2.27. The molecule has 2 amide bonds. The monoisotopic (exact) mass is 410 g/mol. The zero-order valence-electron chi connectivity index (χ0n) is 16.5. The van der Waals surface area contributed by atoms with Gasteiger partial charge in [-0.25, -0.2) is 0 Å². The SMILES string of the molecule is Cc1noc(C2CCN(C(=O)COc3cccc(NC(=O)c4ccco4)c3)CC2)n1. The number of aryl methyl sites for hydroxylation is 1. The maximum absolute atomic E-state index is 12.5. The molecule has 1 saturated heterocycles. The van der Waals surface area contributed by atoms with Crippen LogP contribution < -0.4 is 10.1 Å². The van der Waals surface area contributed by atoms with Crippen molar-refractivity contribution >= 4 is 17.5 Å². The topological polar surface area (TPSA) is 111 Å². The van der Waals surface area contributed by atoms with E-state index in [1.165, 1.54) is 6.26 Å². The molecule has 3 heterocycles. The number of nitrogens with one attached hydrogen (secondary N) is 1. The molecule has 1 fully saturated rings. The molecule has 0 unspecified atom stereocenters. The predicted octanol–water partition coefficient (Wildman–Crippen LogP) is 3.01. The molecule has 1 aliphatic rings. The number of benzene rings is 1. The van der Waals surface area contributed by atoms with E-state index >= 15 is 0 Å². The van der Waals surface area contributed by atoms with Gasteiger partial charge in [-0.15, -0.1) is 0 Å². The van der Waals surface area contributed by atoms with Gasteiger partial charge in [-0.2, -0.15) is 4.98 Å². The number of ether oxygens (including phenoxy) is 1. The second kappa shape index (κ2) is 8.81. The Bertz CT molecular complexity index is 1010. The second-order valence-electron chi connectivity index (χ2n) is 7.08. The normalized spacial score (nSPS) is 14.5. The number of piperidine rings is 1. The summed E-state index contributed by atoms with van der Waals surface area (Å²) < 4.78 is 16.0. The fourth-order valence-electron chi connectivity index (χ4n) is 3.36. The van der Waals surface area contributed by atoms with Crippen LogP contribution in [0.5, 0.6) is 5.75 Å². The number of carbonyl (C=O) groups is 2. The van der Waals surface area contributed by atoms with Gasteiger partial charge in [0.05, 0.1) is 6.26 Å². The highest BCUT2D eigenvalue weighted by molar-refractivity contribution is 6.02. The van der Waals surface area contributed by atoms with Crippen LogP contribution in [0.25, 0.3) is 0 Å². The number of likely N-dealkylation sites (tertiary alicyclic amines) is 1. The van der Waals surface area contributed by atoms with Gasteiger partial charge in [0.1, 0.15) is 5.75 Å². The van der Waals surface area contributed by atoms with Gasteiger partial charge in [0.15, 0.2) is 18.2 Å². The van der Waals surface area contributed by atoms with Crippen LogP contribution >= 0.6 is 0 Å². The fraction of sp³-hybridized carbons (Fsp3) is 0.333. The Morgan fingerprint density at radius 2 is 2.07 bits per heavy atom. The molecule has 0 bridgehead atoms. The van der Waals surface area contributed by atoms with Gasteiger partial charge < -0.3 is 23.9 Å². The minimum absolute atomic E-state index is 0.0695. The molecule has 30 heavy (non-hydrogen) atoms. The van der Waals surface area contributed by atoms with Crippen molar-refractivity contribution in [3.8, 4) is 5.75 Å². The molecular formula is C21H22N4O5. The molecule has 1 aromatic carbocycles. The number of amides is 2. The third kappa shape index (κ3) is 4.68. The van der Waals surface area contributed by atoms with Gasteiger partial charge in [0.25, 0.3) is 11.8 Å². The molecule has 3 aromatic rings. The van der Waals surface area contributed by atoms with Gasteiger partial charge >= 0.3 is 0 Å². The lowest BCUT2D eigenvalue weighted by molar-refractivity contribution is -0.134. The summed E-state index contributed by atoms with van der Waals surface area (Å²) in [5.41, 5.74) is 0.553. The van der Waals surface area contributed by atoms with Gasteiger partial charge in [0.2, 0.25) is 5.89 Å². The molecule has 9 nitrogen and oxygen atoms in total. The van der Waals surface area contributed by atoms with Crippen molar-refractivity contribution in [2.24, 2.45) is 0 Å². The Balaban J connectivity index is 1.26. The zero-order valence-corrected chi connectivity index (χ0v) is 16.5. The number of rotatable bonds is 6. The molecule has 1 N–H and O–H groups in total. The summed E-state index contributed by atoms with van der Waals surface area (Å²) in [6.45, 7) is 2.96. The van der Waals surface area contributed by atoms with Crippen molar-refractivity contribution in [1.29, 1.82) is 0 Å². The van der Waals surface area contributed by atoms with Crippen LogP contribution in [0.3, 0.4) is 0 Å². The molecule has 0 spiro atoms. The summed E-state index contributed by atoms with van der Waals surface area (Å²) >= 11 is 0. The van der Waals surface area contributed by atoms with Gasteiger partial charge in [-0.3, -0.25) is 9.59 Å². The van der Waals surface area contributed by atoms with E-state index in [0.717, 1.165) is 12.8 Å². The molecule has 156 valence electrons. The molecule has 1 aliphatic heterocycles. The molecular weight excluding hydrogens is 388 g/mol. The Labute approximate surface area is 173 Å². The van der Waals surface area contributed by atoms with Crippen LogP contribution in [0.15, 0.2) is 51.6 Å². The first-order valence-corrected chi connectivity index (χ1v) is 9.74.